The van der Waals surface area contributed by atoms with Gasteiger partial charge in [-0.2, -0.15) is 16.4 Å². The largest absolute Gasteiger partial charge is 0.494 e. The summed E-state index contributed by atoms with van der Waals surface area (Å²) in [4.78, 5) is 50.8. The van der Waals surface area contributed by atoms with E-state index in [0.717, 1.165) is 11.1 Å². The first-order chi connectivity index (χ1) is 18.1. The Bertz CT molecular complexity index is 1320. The molecular formula is C27H32N4O6S. The number of aromatic nitrogens is 2. The number of nitrogens with zero attached hydrogens (tertiary/aromatic N) is 2. The zero-order chi connectivity index (χ0) is 27.8. The molecule has 202 valence electrons. The zero-order valence-electron chi connectivity index (χ0n) is 22.0. The van der Waals surface area contributed by atoms with Gasteiger partial charge in [0, 0.05) is 13.5 Å². The number of methoxy groups -OCH3 is 2. The lowest BCUT2D eigenvalue weighted by Gasteiger charge is -2.24. The van der Waals surface area contributed by atoms with E-state index in [1.54, 1.807) is 31.3 Å². The van der Waals surface area contributed by atoms with Crippen LogP contribution in [0.25, 0.3) is 11.1 Å². The van der Waals surface area contributed by atoms with E-state index in [9.17, 15) is 19.2 Å². The Balaban J connectivity index is 1.75. The van der Waals surface area contributed by atoms with Crippen LogP contribution in [0.5, 0.6) is 5.75 Å². The second kappa shape index (κ2) is 13.0. The van der Waals surface area contributed by atoms with Gasteiger partial charge in [-0.15, -0.1) is 0 Å². The standard InChI is InChI=1S/C27H32N4O6S/c1-16(2)24(30-22(32)13-18-10-11-38-15-18)25(33)29-20(27(35)37-5)12-17-6-8-19(9-7-17)23-21(36-4)14-28-31(3)26(23)34/h6-11,14-16,20,24H,12-13H2,1-5H3,(H,29,33)(H,30,32)/t20-,24+/m0/s1. The quantitative estimate of drug-likeness (QED) is 0.357. The predicted molar refractivity (Wildman–Crippen MR) is 144 cm³/mol. The summed E-state index contributed by atoms with van der Waals surface area (Å²) < 4.78 is 11.4. The molecular weight excluding hydrogens is 508 g/mol. The van der Waals surface area contributed by atoms with Gasteiger partial charge >= 0.3 is 5.97 Å². The normalized spacial score (nSPS) is 12.5. The van der Waals surface area contributed by atoms with Gasteiger partial charge in [0.05, 0.1) is 32.4 Å². The number of hydrogen-bond donors (Lipinski definition) is 2. The lowest BCUT2D eigenvalue weighted by molar-refractivity contribution is -0.145. The van der Waals surface area contributed by atoms with Gasteiger partial charge < -0.3 is 20.1 Å². The number of thiophene rings is 1. The maximum absolute atomic E-state index is 13.1. The Kier molecular flexibility index (Phi) is 9.78. The molecule has 0 radical (unpaired) electrons. The van der Waals surface area contributed by atoms with Crippen molar-refractivity contribution in [3.63, 3.8) is 0 Å². The number of amides is 2. The summed E-state index contributed by atoms with van der Waals surface area (Å²) in [6.07, 6.45) is 1.79. The van der Waals surface area contributed by atoms with E-state index in [4.69, 9.17) is 9.47 Å². The minimum atomic E-state index is -0.975. The number of benzene rings is 1. The number of carbonyl (C=O) groups is 3. The van der Waals surface area contributed by atoms with E-state index in [1.165, 1.54) is 36.4 Å². The fourth-order valence-corrected chi connectivity index (χ4v) is 4.59. The van der Waals surface area contributed by atoms with Gasteiger partial charge in [0.15, 0.2) is 5.75 Å². The van der Waals surface area contributed by atoms with Crippen molar-refractivity contribution in [1.82, 2.24) is 20.4 Å². The van der Waals surface area contributed by atoms with Crippen LogP contribution < -0.4 is 20.9 Å². The second-order valence-electron chi connectivity index (χ2n) is 9.10. The van der Waals surface area contributed by atoms with Gasteiger partial charge in [0.25, 0.3) is 5.56 Å². The van der Waals surface area contributed by atoms with E-state index in [-0.39, 0.29) is 30.2 Å². The molecule has 11 heteroatoms. The number of aryl methyl sites for hydroxylation is 1. The maximum atomic E-state index is 13.1. The molecule has 38 heavy (non-hydrogen) atoms. The number of ether oxygens (including phenoxy) is 2. The molecule has 2 N–H and O–H groups in total. The average Bonchev–Trinajstić information content (AvgIpc) is 3.41. The smallest absolute Gasteiger partial charge is 0.328 e. The first-order valence-electron chi connectivity index (χ1n) is 12.0. The molecule has 0 unspecified atom stereocenters. The Morgan fingerprint density at radius 3 is 2.34 bits per heavy atom. The van der Waals surface area contributed by atoms with E-state index in [0.29, 0.717) is 16.9 Å². The van der Waals surface area contributed by atoms with Crippen molar-refractivity contribution in [3.05, 3.63) is 68.8 Å². The summed E-state index contributed by atoms with van der Waals surface area (Å²) in [6.45, 7) is 3.64. The molecule has 2 heterocycles. The average molecular weight is 541 g/mol. The van der Waals surface area contributed by atoms with E-state index in [2.05, 4.69) is 15.7 Å². The molecule has 0 spiro atoms. The van der Waals surface area contributed by atoms with Crippen LogP contribution in [0.15, 0.2) is 52.1 Å². The Labute approximate surface area is 225 Å². The van der Waals surface area contributed by atoms with Crippen LogP contribution in [0.1, 0.15) is 25.0 Å². The number of nitrogens with one attached hydrogen (secondary N) is 2. The third kappa shape index (κ3) is 7.06. The Morgan fingerprint density at radius 1 is 1.05 bits per heavy atom. The van der Waals surface area contributed by atoms with Crippen LogP contribution >= 0.6 is 11.3 Å². The molecule has 0 aliphatic heterocycles. The molecule has 3 aromatic rings. The summed E-state index contributed by atoms with van der Waals surface area (Å²) in [5, 5.41) is 13.3. The fraction of sp³-hybridized carbons (Fsp3) is 0.370. The van der Waals surface area contributed by atoms with Crippen molar-refractivity contribution in [3.8, 4) is 16.9 Å². The van der Waals surface area contributed by atoms with Crippen LogP contribution in [0.4, 0.5) is 0 Å². The molecule has 0 aliphatic carbocycles. The minimum absolute atomic E-state index is 0.151. The summed E-state index contributed by atoms with van der Waals surface area (Å²) in [6, 6.07) is 7.07. The maximum Gasteiger partial charge on any atom is 0.328 e. The van der Waals surface area contributed by atoms with Crippen LogP contribution in [-0.2, 0) is 39.0 Å². The lowest BCUT2D eigenvalue weighted by atomic mass is 9.99. The van der Waals surface area contributed by atoms with Crippen molar-refractivity contribution in [2.24, 2.45) is 13.0 Å². The summed E-state index contributed by atoms with van der Waals surface area (Å²) in [5.74, 6) is -1.23. The monoisotopic (exact) mass is 540 g/mol. The van der Waals surface area contributed by atoms with Gasteiger partial charge in [0.2, 0.25) is 11.8 Å². The molecule has 0 fully saturated rings. The van der Waals surface area contributed by atoms with E-state index >= 15 is 0 Å². The molecule has 3 rings (SSSR count). The SMILES string of the molecule is COC(=O)[C@H](Cc1ccc(-c2c(OC)cnn(C)c2=O)cc1)NC(=O)[C@H](NC(=O)Cc1ccsc1)C(C)C. The highest BCUT2D eigenvalue weighted by atomic mass is 32.1. The van der Waals surface area contributed by atoms with Crippen LogP contribution in [-0.4, -0.2) is 53.9 Å². The molecule has 0 aliphatic rings. The number of esters is 1. The molecule has 0 bridgehead atoms. The first-order valence-corrected chi connectivity index (χ1v) is 13.0. The van der Waals surface area contributed by atoms with E-state index in [1.807, 2.05) is 30.7 Å². The van der Waals surface area contributed by atoms with Crippen molar-refractivity contribution in [1.29, 1.82) is 0 Å². The van der Waals surface area contributed by atoms with Gasteiger partial charge in [-0.3, -0.25) is 14.4 Å². The van der Waals surface area contributed by atoms with Crippen LogP contribution in [0.3, 0.4) is 0 Å². The highest BCUT2D eigenvalue weighted by Crippen LogP contribution is 2.25. The Morgan fingerprint density at radius 2 is 1.76 bits per heavy atom. The third-order valence-corrected chi connectivity index (χ3v) is 6.75. The lowest BCUT2D eigenvalue weighted by Crippen LogP contribution is -2.54. The third-order valence-electron chi connectivity index (χ3n) is 6.02. The number of rotatable bonds is 11. The summed E-state index contributed by atoms with van der Waals surface area (Å²) in [7, 11) is 4.27. The summed E-state index contributed by atoms with van der Waals surface area (Å²) in [5.41, 5.74) is 2.29. The highest BCUT2D eigenvalue weighted by molar-refractivity contribution is 7.08. The first kappa shape index (κ1) is 28.6. The number of hydrogen-bond acceptors (Lipinski definition) is 8. The molecule has 0 saturated heterocycles. The zero-order valence-corrected chi connectivity index (χ0v) is 22.8. The van der Waals surface area contributed by atoms with Crippen LogP contribution in [0.2, 0.25) is 0 Å². The van der Waals surface area contributed by atoms with E-state index < -0.39 is 24.0 Å². The molecule has 0 saturated carbocycles. The molecule has 2 atom stereocenters. The molecule has 1 aromatic carbocycles. The molecule has 10 nitrogen and oxygen atoms in total. The van der Waals surface area contributed by atoms with Gasteiger partial charge in [-0.05, 0) is 39.4 Å². The molecule has 2 amide bonds. The molecule has 2 aromatic heterocycles. The fourth-order valence-electron chi connectivity index (χ4n) is 3.92. The van der Waals surface area contributed by atoms with Crippen molar-refractivity contribution in [2.45, 2.75) is 38.8 Å². The minimum Gasteiger partial charge on any atom is -0.494 e. The van der Waals surface area contributed by atoms with Gasteiger partial charge in [-0.25, -0.2) is 9.48 Å². The van der Waals surface area contributed by atoms with Gasteiger partial charge in [-0.1, -0.05) is 38.1 Å². The van der Waals surface area contributed by atoms with Gasteiger partial charge in [0.1, 0.15) is 12.1 Å². The summed E-state index contributed by atoms with van der Waals surface area (Å²) >= 11 is 1.49. The van der Waals surface area contributed by atoms with Crippen molar-refractivity contribution < 1.29 is 23.9 Å². The second-order valence-corrected chi connectivity index (χ2v) is 9.88. The van der Waals surface area contributed by atoms with Crippen molar-refractivity contribution in [2.75, 3.05) is 14.2 Å². The van der Waals surface area contributed by atoms with Crippen LogP contribution in [0, 0.1) is 5.92 Å². The Hall–Kier alpha value is -3.99. The topological polar surface area (TPSA) is 129 Å². The predicted octanol–water partition coefficient (Wildman–Crippen LogP) is 2.10. The highest BCUT2D eigenvalue weighted by Gasteiger charge is 2.29. The van der Waals surface area contributed by atoms with Crippen molar-refractivity contribution >= 4 is 29.1 Å². The number of carbonyl (C=O) groups excluding carboxylic acids is 3.